The Morgan fingerprint density at radius 1 is 1.40 bits per heavy atom. The molecule has 0 amide bonds. The monoisotopic (exact) mass is 250 g/mol. The highest BCUT2D eigenvalue weighted by atomic mass is 35.5. The van der Waals surface area contributed by atoms with Crippen molar-refractivity contribution in [1.82, 2.24) is 10.3 Å². The summed E-state index contributed by atoms with van der Waals surface area (Å²) in [5.74, 6) is 0. The third-order valence-corrected chi connectivity index (χ3v) is 2.37. The van der Waals surface area contributed by atoms with Crippen molar-refractivity contribution in [2.75, 3.05) is 7.11 Å². The molecule has 1 aromatic rings. The lowest BCUT2D eigenvalue weighted by atomic mass is 10.1. The predicted molar refractivity (Wildman–Crippen MR) is 64.7 cm³/mol. The minimum Gasteiger partial charge on any atom is -0.378 e. The Bertz CT molecular complexity index is 331. The Hall–Kier alpha value is -0.350. The molecule has 1 aliphatic heterocycles. The lowest BCUT2D eigenvalue weighted by molar-refractivity contribution is 0.181. The number of methoxy groups -OCH3 is 1. The number of hydrogen-bond acceptors (Lipinski definition) is 3. The molecule has 0 saturated heterocycles. The van der Waals surface area contributed by atoms with Crippen LogP contribution in [0.4, 0.5) is 0 Å². The van der Waals surface area contributed by atoms with Crippen LogP contribution in [0.3, 0.4) is 0 Å². The van der Waals surface area contributed by atoms with Gasteiger partial charge in [-0.15, -0.1) is 24.8 Å². The van der Waals surface area contributed by atoms with Crippen LogP contribution in [0.25, 0.3) is 0 Å². The topological polar surface area (TPSA) is 34.1 Å². The molecular weight excluding hydrogens is 235 g/mol. The van der Waals surface area contributed by atoms with Crippen molar-refractivity contribution in [3.63, 3.8) is 0 Å². The molecule has 5 heteroatoms. The molecule has 1 N–H and O–H groups in total. The van der Waals surface area contributed by atoms with E-state index in [0.717, 1.165) is 18.8 Å². The van der Waals surface area contributed by atoms with E-state index in [1.165, 1.54) is 16.8 Å². The third kappa shape index (κ3) is 3.05. The van der Waals surface area contributed by atoms with Crippen LogP contribution in [0.1, 0.15) is 22.5 Å². The summed E-state index contributed by atoms with van der Waals surface area (Å²) in [6, 6.07) is 2.11. The van der Waals surface area contributed by atoms with E-state index in [1.54, 1.807) is 7.11 Å². The van der Waals surface area contributed by atoms with Gasteiger partial charge in [0.1, 0.15) is 0 Å². The van der Waals surface area contributed by atoms with Crippen LogP contribution in [-0.4, -0.2) is 12.1 Å². The van der Waals surface area contributed by atoms with Crippen LogP contribution in [0.5, 0.6) is 0 Å². The molecule has 0 unspecified atom stereocenters. The van der Waals surface area contributed by atoms with Crippen LogP contribution >= 0.6 is 24.8 Å². The largest absolute Gasteiger partial charge is 0.378 e. The quantitative estimate of drug-likeness (QED) is 0.872. The van der Waals surface area contributed by atoms with Crippen molar-refractivity contribution in [3.8, 4) is 0 Å². The van der Waals surface area contributed by atoms with Gasteiger partial charge in [0.05, 0.1) is 18.0 Å². The number of pyridine rings is 1. The molecule has 2 rings (SSSR count). The van der Waals surface area contributed by atoms with Gasteiger partial charge < -0.3 is 10.1 Å². The van der Waals surface area contributed by atoms with E-state index in [-0.39, 0.29) is 24.8 Å². The minimum atomic E-state index is 0. The summed E-state index contributed by atoms with van der Waals surface area (Å²) in [4.78, 5) is 4.52. The second kappa shape index (κ2) is 6.28. The Balaban J connectivity index is 0.000000980. The number of nitrogens with zero attached hydrogens (tertiary/aromatic N) is 1. The molecule has 0 fully saturated rings. The van der Waals surface area contributed by atoms with Gasteiger partial charge >= 0.3 is 0 Å². The van der Waals surface area contributed by atoms with Crippen LogP contribution in [0, 0.1) is 6.92 Å². The number of aryl methyl sites for hydroxylation is 1. The SMILES string of the molecule is COCc1cc(C)c2c(n1)CNC2.Cl.Cl. The summed E-state index contributed by atoms with van der Waals surface area (Å²) >= 11 is 0. The Kier molecular flexibility index (Phi) is 6.13. The third-order valence-electron chi connectivity index (χ3n) is 2.37. The summed E-state index contributed by atoms with van der Waals surface area (Å²) in [5.41, 5.74) is 4.90. The van der Waals surface area contributed by atoms with Gasteiger partial charge in [0.2, 0.25) is 0 Å². The maximum absolute atomic E-state index is 5.06. The average molecular weight is 251 g/mol. The van der Waals surface area contributed by atoms with Gasteiger partial charge in [-0.2, -0.15) is 0 Å². The zero-order valence-corrected chi connectivity index (χ0v) is 10.5. The van der Waals surface area contributed by atoms with Crippen LogP contribution in [0.2, 0.25) is 0 Å². The molecule has 86 valence electrons. The fraction of sp³-hybridized carbons (Fsp3) is 0.500. The van der Waals surface area contributed by atoms with E-state index in [2.05, 4.69) is 23.3 Å². The van der Waals surface area contributed by atoms with E-state index in [9.17, 15) is 0 Å². The second-order valence-electron chi connectivity index (χ2n) is 3.39. The summed E-state index contributed by atoms with van der Waals surface area (Å²) in [6.07, 6.45) is 0. The molecule has 0 atom stereocenters. The van der Waals surface area contributed by atoms with Crippen molar-refractivity contribution < 1.29 is 4.74 Å². The van der Waals surface area contributed by atoms with Crippen LogP contribution < -0.4 is 5.32 Å². The number of halogens is 2. The highest BCUT2D eigenvalue weighted by Gasteiger charge is 2.14. The fourth-order valence-electron chi connectivity index (χ4n) is 1.75. The van der Waals surface area contributed by atoms with Crippen molar-refractivity contribution in [3.05, 3.63) is 28.6 Å². The van der Waals surface area contributed by atoms with Crippen LogP contribution in [0.15, 0.2) is 6.07 Å². The van der Waals surface area contributed by atoms with Crippen molar-refractivity contribution in [1.29, 1.82) is 0 Å². The molecule has 0 radical (unpaired) electrons. The zero-order chi connectivity index (χ0) is 9.26. The van der Waals surface area contributed by atoms with E-state index in [4.69, 9.17) is 4.74 Å². The maximum atomic E-state index is 5.06. The van der Waals surface area contributed by atoms with Gasteiger partial charge in [0, 0.05) is 20.2 Å². The van der Waals surface area contributed by atoms with Gasteiger partial charge in [0.25, 0.3) is 0 Å². The molecule has 0 bridgehead atoms. The lowest BCUT2D eigenvalue weighted by Crippen LogP contribution is -2.01. The summed E-state index contributed by atoms with van der Waals surface area (Å²) < 4.78 is 5.06. The fourth-order valence-corrected chi connectivity index (χ4v) is 1.75. The number of nitrogens with one attached hydrogen (secondary N) is 1. The zero-order valence-electron chi connectivity index (χ0n) is 8.87. The second-order valence-corrected chi connectivity index (χ2v) is 3.39. The first-order valence-corrected chi connectivity index (χ1v) is 4.49. The molecule has 1 aliphatic rings. The number of rotatable bonds is 2. The standard InChI is InChI=1S/C10H14N2O.2ClH/c1-7-3-8(6-13-2)12-10-5-11-4-9(7)10;;/h3,11H,4-6H2,1-2H3;2*1H. The minimum absolute atomic E-state index is 0. The molecule has 0 saturated carbocycles. The lowest BCUT2D eigenvalue weighted by Gasteiger charge is -2.05. The number of hydrogen-bond donors (Lipinski definition) is 1. The van der Waals surface area contributed by atoms with Gasteiger partial charge in [0.15, 0.2) is 0 Å². The van der Waals surface area contributed by atoms with Crippen molar-refractivity contribution in [2.45, 2.75) is 26.6 Å². The van der Waals surface area contributed by atoms with E-state index >= 15 is 0 Å². The Labute approximate surface area is 102 Å². The summed E-state index contributed by atoms with van der Waals surface area (Å²) in [6.45, 7) is 4.59. The average Bonchev–Trinajstić information content (AvgIpc) is 2.53. The summed E-state index contributed by atoms with van der Waals surface area (Å²) in [7, 11) is 1.70. The summed E-state index contributed by atoms with van der Waals surface area (Å²) in [5, 5.41) is 3.29. The normalized spacial score (nSPS) is 12.7. The molecule has 1 aromatic heterocycles. The Morgan fingerprint density at radius 2 is 2.13 bits per heavy atom. The first-order valence-electron chi connectivity index (χ1n) is 4.49. The van der Waals surface area contributed by atoms with Crippen LogP contribution in [-0.2, 0) is 24.4 Å². The van der Waals surface area contributed by atoms with Gasteiger partial charge in [-0.05, 0) is 24.1 Å². The maximum Gasteiger partial charge on any atom is 0.0884 e. The molecule has 3 nitrogen and oxygen atoms in total. The van der Waals surface area contributed by atoms with Gasteiger partial charge in [-0.25, -0.2) is 0 Å². The highest BCUT2D eigenvalue weighted by molar-refractivity contribution is 5.85. The van der Waals surface area contributed by atoms with Crippen molar-refractivity contribution in [2.24, 2.45) is 0 Å². The number of fused-ring (bicyclic) bond motifs is 1. The van der Waals surface area contributed by atoms with Gasteiger partial charge in [-0.3, -0.25) is 4.98 Å². The molecule has 0 aliphatic carbocycles. The molecule has 0 aromatic carbocycles. The molecule has 2 heterocycles. The first kappa shape index (κ1) is 14.6. The number of aromatic nitrogens is 1. The molecule has 15 heavy (non-hydrogen) atoms. The molecule has 0 spiro atoms. The first-order chi connectivity index (χ1) is 6.31. The highest BCUT2D eigenvalue weighted by Crippen LogP contribution is 2.18. The van der Waals surface area contributed by atoms with Crippen molar-refractivity contribution >= 4 is 24.8 Å². The van der Waals surface area contributed by atoms with E-state index in [0.29, 0.717) is 6.61 Å². The van der Waals surface area contributed by atoms with Gasteiger partial charge in [-0.1, -0.05) is 0 Å². The number of ether oxygens (including phenoxy) is 1. The smallest absolute Gasteiger partial charge is 0.0884 e. The molecular formula is C10H16Cl2N2O. The predicted octanol–water partition coefficient (Wildman–Crippen LogP) is 1.98. The van der Waals surface area contributed by atoms with E-state index in [1.807, 2.05) is 0 Å². The van der Waals surface area contributed by atoms with E-state index < -0.39 is 0 Å². The Morgan fingerprint density at radius 3 is 2.80 bits per heavy atom.